The standard InChI is InChI=1S/C22H31FN4O6/c1-22(2,3)19(21(31)24-13(10-28)11-29)25-20(30)17-15-5-4-6-16(23)18(15)27(26-17)9-14-12-32-7-8-33-14/h4-6,13-14,19,28-29H,7-12H2,1-3H3,(H,24,31)(H,25,30). The van der Waals surface area contributed by atoms with Crippen molar-refractivity contribution in [3.05, 3.63) is 29.7 Å². The number of halogens is 1. The molecule has 0 spiro atoms. The number of hydrogen-bond donors (Lipinski definition) is 4. The van der Waals surface area contributed by atoms with Crippen molar-refractivity contribution in [3.63, 3.8) is 0 Å². The number of fused-ring (bicyclic) bond motifs is 1. The summed E-state index contributed by atoms with van der Waals surface area (Å²) in [7, 11) is 0. The Bertz CT molecular complexity index is 979. The number of aliphatic hydroxyl groups is 2. The van der Waals surface area contributed by atoms with Crippen molar-refractivity contribution >= 4 is 22.7 Å². The number of nitrogens with zero attached hydrogens (tertiary/aromatic N) is 2. The number of aromatic nitrogens is 2. The molecule has 0 bridgehead atoms. The van der Waals surface area contributed by atoms with Gasteiger partial charge in [-0.25, -0.2) is 4.39 Å². The average molecular weight is 467 g/mol. The Balaban J connectivity index is 1.90. The summed E-state index contributed by atoms with van der Waals surface area (Å²) < 4.78 is 27.1. The third kappa shape index (κ3) is 5.85. The van der Waals surface area contributed by atoms with Crippen LogP contribution >= 0.6 is 0 Å². The van der Waals surface area contributed by atoms with Crippen LogP contribution in [-0.4, -0.2) is 83.0 Å². The number of ether oxygens (including phenoxy) is 2. The van der Waals surface area contributed by atoms with E-state index in [1.807, 2.05) is 0 Å². The molecule has 3 rings (SSSR count). The largest absolute Gasteiger partial charge is 0.394 e. The first-order valence-electron chi connectivity index (χ1n) is 10.8. The maximum absolute atomic E-state index is 14.7. The van der Waals surface area contributed by atoms with Gasteiger partial charge < -0.3 is 30.3 Å². The molecule has 1 aromatic carbocycles. The van der Waals surface area contributed by atoms with E-state index < -0.39 is 48.3 Å². The van der Waals surface area contributed by atoms with Crippen LogP contribution in [0.2, 0.25) is 0 Å². The third-order valence-electron chi connectivity index (χ3n) is 5.39. The summed E-state index contributed by atoms with van der Waals surface area (Å²) in [5.74, 6) is -1.74. The van der Waals surface area contributed by atoms with Crippen LogP contribution in [0.15, 0.2) is 18.2 Å². The monoisotopic (exact) mass is 466 g/mol. The van der Waals surface area contributed by atoms with Crippen molar-refractivity contribution in [2.24, 2.45) is 5.41 Å². The van der Waals surface area contributed by atoms with Crippen molar-refractivity contribution in [1.82, 2.24) is 20.4 Å². The van der Waals surface area contributed by atoms with Gasteiger partial charge in [0.05, 0.1) is 45.6 Å². The number of benzene rings is 1. The van der Waals surface area contributed by atoms with Crippen molar-refractivity contribution in [1.29, 1.82) is 0 Å². The second-order valence-corrected chi connectivity index (χ2v) is 9.08. The highest BCUT2D eigenvalue weighted by Gasteiger charge is 2.35. The molecule has 4 N–H and O–H groups in total. The number of hydrogen-bond acceptors (Lipinski definition) is 7. The molecule has 0 aliphatic carbocycles. The van der Waals surface area contributed by atoms with Crippen LogP contribution in [0.4, 0.5) is 4.39 Å². The molecule has 1 fully saturated rings. The number of amides is 2. The predicted molar refractivity (Wildman–Crippen MR) is 117 cm³/mol. The van der Waals surface area contributed by atoms with Crippen molar-refractivity contribution in [3.8, 4) is 0 Å². The molecule has 2 atom stereocenters. The molecule has 2 aromatic rings. The highest BCUT2D eigenvalue weighted by atomic mass is 19.1. The molecule has 0 saturated carbocycles. The van der Waals surface area contributed by atoms with Crippen molar-refractivity contribution < 1.29 is 33.7 Å². The van der Waals surface area contributed by atoms with Gasteiger partial charge in [-0.1, -0.05) is 32.9 Å². The van der Waals surface area contributed by atoms with Gasteiger partial charge in [0.2, 0.25) is 5.91 Å². The molecule has 2 amide bonds. The number of nitrogens with one attached hydrogen (secondary N) is 2. The zero-order valence-electron chi connectivity index (χ0n) is 19.0. The summed E-state index contributed by atoms with van der Waals surface area (Å²) in [5, 5.41) is 28.4. The first-order valence-corrected chi connectivity index (χ1v) is 10.8. The van der Waals surface area contributed by atoms with E-state index in [2.05, 4.69) is 15.7 Å². The van der Waals surface area contributed by atoms with Gasteiger partial charge >= 0.3 is 0 Å². The van der Waals surface area contributed by atoms with Crippen molar-refractivity contribution in [2.75, 3.05) is 33.0 Å². The van der Waals surface area contributed by atoms with E-state index in [0.29, 0.717) is 25.2 Å². The minimum atomic E-state index is -1.01. The van der Waals surface area contributed by atoms with Crippen LogP contribution < -0.4 is 10.6 Å². The second kappa shape index (κ2) is 10.6. The normalized spacial score (nSPS) is 17.8. The smallest absolute Gasteiger partial charge is 0.273 e. The summed E-state index contributed by atoms with van der Waals surface area (Å²) in [6, 6.07) is 2.51. The zero-order valence-corrected chi connectivity index (χ0v) is 19.0. The molecular formula is C22H31FN4O6. The molecule has 1 aliphatic rings. The van der Waals surface area contributed by atoms with Crippen LogP contribution in [0.25, 0.3) is 10.9 Å². The lowest BCUT2D eigenvalue weighted by Crippen LogP contribution is -2.56. The molecule has 1 aromatic heterocycles. The quantitative estimate of drug-likeness (QED) is 0.437. The van der Waals surface area contributed by atoms with Crippen LogP contribution in [0.5, 0.6) is 0 Å². The molecule has 182 valence electrons. The second-order valence-electron chi connectivity index (χ2n) is 9.08. The lowest BCUT2D eigenvalue weighted by atomic mass is 9.85. The van der Waals surface area contributed by atoms with E-state index in [0.717, 1.165) is 0 Å². The van der Waals surface area contributed by atoms with Gasteiger partial charge in [-0.05, 0) is 11.5 Å². The number of rotatable bonds is 8. The van der Waals surface area contributed by atoms with E-state index in [9.17, 15) is 24.2 Å². The first-order chi connectivity index (χ1) is 15.7. The van der Waals surface area contributed by atoms with Gasteiger partial charge in [-0.2, -0.15) is 5.10 Å². The van der Waals surface area contributed by atoms with E-state index in [1.165, 1.54) is 16.8 Å². The molecule has 1 aliphatic heterocycles. The van der Waals surface area contributed by atoms with E-state index in [-0.39, 0.29) is 23.9 Å². The minimum Gasteiger partial charge on any atom is -0.394 e. The summed E-state index contributed by atoms with van der Waals surface area (Å²) in [6.45, 7) is 5.84. The van der Waals surface area contributed by atoms with Crippen LogP contribution in [-0.2, 0) is 20.8 Å². The molecule has 2 heterocycles. The Morgan fingerprint density at radius 2 is 1.97 bits per heavy atom. The van der Waals surface area contributed by atoms with Crippen LogP contribution in [0.1, 0.15) is 31.3 Å². The lowest BCUT2D eigenvalue weighted by molar-refractivity contribution is -0.126. The molecule has 2 unspecified atom stereocenters. The van der Waals surface area contributed by atoms with Gasteiger partial charge in [0.1, 0.15) is 23.5 Å². The van der Waals surface area contributed by atoms with Gasteiger partial charge in [0, 0.05) is 5.39 Å². The summed E-state index contributed by atoms with van der Waals surface area (Å²) in [5.41, 5.74) is -0.565. The van der Waals surface area contributed by atoms with Crippen LogP contribution in [0, 0.1) is 11.2 Å². The van der Waals surface area contributed by atoms with Crippen LogP contribution in [0.3, 0.4) is 0 Å². The van der Waals surface area contributed by atoms with Crippen molar-refractivity contribution in [2.45, 2.75) is 45.5 Å². The van der Waals surface area contributed by atoms with Gasteiger partial charge in [0.15, 0.2) is 5.69 Å². The third-order valence-corrected chi connectivity index (χ3v) is 5.39. The summed E-state index contributed by atoms with van der Waals surface area (Å²) in [6.07, 6.45) is -0.334. The predicted octanol–water partition coefficient (Wildman–Crippen LogP) is 0.205. The zero-order chi connectivity index (χ0) is 24.2. The number of para-hydroxylation sites is 1. The van der Waals surface area contributed by atoms with E-state index in [4.69, 9.17) is 9.47 Å². The average Bonchev–Trinajstić information content (AvgIpc) is 3.15. The summed E-state index contributed by atoms with van der Waals surface area (Å²) >= 11 is 0. The van der Waals surface area contributed by atoms with E-state index in [1.54, 1.807) is 26.8 Å². The highest BCUT2D eigenvalue weighted by Crippen LogP contribution is 2.25. The molecule has 11 heteroatoms. The lowest BCUT2D eigenvalue weighted by Gasteiger charge is -2.31. The Labute approximate surface area is 191 Å². The number of carbonyl (C=O) groups excluding carboxylic acids is 2. The minimum absolute atomic E-state index is 0.0239. The molecular weight excluding hydrogens is 435 g/mol. The molecule has 0 radical (unpaired) electrons. The fourth-order valence-electron chi connectivity index (χ4n) is 3.64. The molecule has 10 nitrogen and oxygen atoms in total. The summed E-state index contributed by atoms with van der Waals surface area (Å²) in [4.78, 5) is 26.0. The Kier molecular flexibility index (Phi) is 8.01. The molecule has 1 saturated heterocycles. The topological polar surface area (TPSA) is 135 Å². The van der Waals surface area contributed by atoms with Gasteiger partial charge in [-0.3, -0.25) is 14.3 Å². The first kappa shape index (κ1) is 25.0. The maximum atomic E-state index is 14.7. The number of carbonyl (C=O) groups is 2. The van der Waals surface area contributed by atoms with Gasteiger partial charge in [-0.15, -0.1) is 0 Å². The number of aliphatic hydroxyl groups excluding tert-OH is 2. The fourth-order valence-corrected chi connectivity index (χ4v) is 3.64. The Morgan fingerprint density at radius 3 is 2.58 bits per heavy atom. The van der Waals surface area contributed by atoms with E-state index >= 15 is 0 Å². The Morgan fingerprint density at radius 1 is 1.24 bits per heavy atom. The Hall–Kier alpha value is -2.60. The highest BCUT2D eigenvalue weighted by molar-refractivity contribution is 6.06. The SMILES string of the molecule is CC(C)(C)C(NC(=O)c1nn(CC2COCCO2)c2c(F)cccc12)C(=O)NC(CO)CO. The maximum Gasteiger partial charge on any atom is 0.273 e. The van der Waals surface area contributed by atoms with Gasteiger partial charge in [0.25, 0.3) is 5.91 Å². The fraction of sp³-hybridized carbons (Fsp3) is 0.591. The molecule has 33 heavy (non-hydrogen) atoms.